The second kappa shape index (κ2) is 34.4. The topological polar surface area (TPSA) is 546 Å². The zero-order valence-electron chi connectivity index (χ0n) is 44.4. The summed E-state index contributed by atoms with van der Waals surface area (Å²) in [6, 6.07) is 15.1. The van der Waals surface area contributed by atoms with E-state index in [9.17, 15) is 43.0 Å². The predicted octanol–water partition coefficient (Wildman–Crippen LogP) is 2.11. The molecule has 0 radical (unpaired) electrons. The van der Waals surface area contributed by atoms with Crippen LogP contribution in [0.4, 0.5) is 16.3 Å². The molecule has 466 valence electrons. The van der Waals surface area contributed by atoms with Gasteiger partial charge in [0.1, 0.15) is 42.2 Å². The highest BCUT2D eigenvalue weighted by Gasteiger charge is 2.43. The van der Waals surface area contributed by atoms with Crippen LogP contribution < -0.4 is 43.9 Å². The van der Waals surface area contributed by atoms with Crippen LogP contribution in [0.5, 0.6) is 0 Å². The van der Waals surface area contributed by atoms with Crippen molar-refractivity contribution in [1.29, 1.82) is 0 Å². The molecule has 3 aromatic rings. The molecule has 1 aliphatic carbocycles. The lowest BCUT2D eigenvalue weighted by Crippen LogP contribution is -2.44. The predicted molar refractivity (Wildman–Crippen MR) is 308 cm³/mol. The number of aromatic carboxylic acids is 1. The van der Waals surface area contributed by atoms with Gasteiger partial charge in [0.05, 0.1) is 36.4 Å². The third kappa shape index (κ3) is 24.8. The Morgan fingerprint density at radius 1 is 0.953 bits per heavy atom. The molecule has 3 aliphatic rings. The summed E-state index contributed by atoms with van der Waals surface area (Å²) in [5.74, 6) is 4.01. The summed E-state index contributed by atoms with van der Waals surface area (Å²) in [7, 11) is -18.9. The molecule has 0 saturated carbocycles. The minimum Gasteiger partial charge on any atom is -0.478 e. The number of nitrogen functional groups attached to an aromatic ring is 2. The number of azide groups is 1. The Morgan fingerprint density at radius 3 is 2.36 bits per heavy atom. The zero-order chi connectivity index (χ0) is 63.8. The van der Waals surface area contributed by atoms with Crippen molar-refractivity contribution < 1.29 is 106 Å². The second-order valence-corrected chi connectivity index (χ2v) is 26.2. The number of benzene rings is 3. The van der Waals surface area contributed by atoms with Crippen LogP contribution in [0.2, 0.25) is 0 Å². The van der Waals surface area contributed by atoms with Crippen LogP contribution in [0.25, 0.3) is 49.6 Å². The van der Waals surface area contributed by atoms with E-state index < -0.39 is 99.6 Å². The highest BCUT2D eigenvalue weighted by Crippen LogP contribution is 2.65. The molecule has 3 heterocycles. The third-order valence-corrected chi connectivity index (χ3v) is 18.4. The van der Waals surface area contributed by atoms with E-state index in [1.54, 1.807) is 64.1 Å². The van der Waals surface area contributed by atoms with E-state index in [0.29, 0.717) is 82.2 Å². The molecule has 1 fully saturated rings. The maximum atomic E-state index is 12.9. The fraction of sp³-hybridized carbons (Fsp3) is 0.356. The van der Waals surface area contributed by atoms with Gasteiger partial charge in [-0.1, -0.05) is 51.2 Å². The number of carbonyl (C=O) groups excluding carboxylic acids is 1. The quantitative estimate of drug-likeness (QED) is 0.00326. The van der Waals surface area contributed by atoms with Gasteiger partial charge in [-0.05, 0) is 66.3 Å². The summed E-state index contributed by atoms with van der Waals surface area (Å²) in [6.07, 6.45) is -0.282. The van der Waals surface area contributed by atoms with Crippen molar-refractivity contribution in [3.05, 3.63) is 110 Å². The molecule has 34 nitrogen and oxygen atoms in total. The molecule has 3 unspecified atom stereocenters. The van der Waals surface area contributed by atoms with Crippen molar-refractivity contribution >= 4 is 106 Å². The molecule has 1 aromatic heterocycles. The monoisotopic (exact) mass is 1340 g/mol. The SMILES string of the molecule is C=C(NCCSSCOCCCCCNC(=O)NCC#Cc1cn([C@H]2CC(OCN=[N+]=[N-])[C@@H](COP(=O)(O)OP(=O)(O)CP(=O)(O)O)O2)c(=O)nc1N)c1ccc(C(=O)O)c(-c2c3ccc(=[NH2+])cc-3oc3cc(N)ccc23)c1.O=S(=O)=O.O=S(=O)=O. The largest absolute Gasteiger partial charge is 0.479 e. The van der Waals surface area contributed by atoms with Gasteiger partial charge < -0.3 is 70.7 Å². The number of carboxylic acids is 1. The van der Waals surface area contributed by atoms with Crippen molar-refractivity contribution in [2.75, 3.05) is 68.6 Å². The van der Waals surface area contributed by atoms with Gasteiger partial charge in [-0.2, -0.15) is 4.98 Å². The highest BCUT2D eigenvalue weighted by molar-refractivity contribution is 8.76. The van der Waals surface area contributed by atoms with Crippen LogP contribution in [0.3, 0.4) is 0 Å². The first-order chi connectivity index (χ1) is 40.5. The molecule has 1 saturated heterocycles. The van der Waals surface area contributed by atoms with E-state index in [1.165, 1.54) is 6.20 Å². The van der Waals surface area contributed by atoms with E-state index in [2.05, 4.69) is 53.7 Å². The maximum Gasteiger partial charge on any atom is 0.479 e. The first-order valence-electron chi connectivity index (χ1n) is 24.2. The number of hydrogen-bond acceptors (Lipinski definition) is 25. The molecular weight excluding hydrogens is 1280 g/mol. The fourth-order valence-corrected chi connectivity index (χ4v) is 13.6. The Labute approximate surface area is 497 Å². The number of urea groups is 1. The van der Waals surface area contributed by atoms with Crippen LogP contribution in [0, 0.1) is 11.8 Å². The van der Waals surface area contributed by atoms with Gasteiger partial charge in [0.25, 0.3) is 0 Å². The van der Waals surface area contributed by atoms with Crippen molar-refractivity contribution in [2.45, 2.75) is 44.1 Å². The Kier molecular flexibility index (Phi) is 28.6. The molecule has 14 N–H and O–H groups in total. The molecule has 5 atom stereocenters. The van der Waals surface area contributed by atoms with Gasteiger partial charge in [-0.25, -0.2) is 23.3 Å². The number of unbranched alkanes of at least 4 members (excludes halogenated alkanes) is 2. The molecule has 86 heavy (non-hydrogen) atoms. The number of amides is 2. The smallest absolute Gasteiger partial charge is 0.478 e. The lowest BCUT2D eigenvalue weighted by Gasteiger charge is -2.21. The minimum absolute atomic E-state index is 0.0594. The Morgan fingerprint density at radius 2 is 1.67 bits per heavy atom. The van der Waals surface area contributed by atoms with E-state index in [0.717, 1.165) is 28.7 Å². The molecule has 0 spiro atoms. The first kappa shape index (κ1) is 71.5. The summed E-state index contributed by atoms with van der Waals surface area (Å²) in [6.45, 7) is 4.17. The van der Waals surface area contributed by atoms with Crippen molar-refractivity contribution in [3.8, 4) is 34.3 Å². The average molecular weight is 1340 g/mol. The number of ether oxygens (including phenoxy) is 3. The number of aromatic nitrogens is 2. The van der Waals surface area contributed by atoms with Gasteiger partial charge in [0.2, 0.25) is 0 Å². The number of fused-ring (bicyclic) bond motifs is 2. The number of rotatable bonds is 28. The number of nitrogens with two attached hydrogens (primary N) is 3. The molecule has 2 amide bonds. The normalized spacial score (nSPS) is 15.8. The summed E-state index contributed by atoms with van der Waals surface area (Å²) < 4.78 is 119. The van der Waals surface area contributed by atoms with Gasteiger partial charge in [-0.15, -0.1) is 25.3 Å². The molecule has 6 rings (SSSR count). The number of carbonyl (C=O) groups is 2. The van der Waals surface area contributed by atoms with Crippen LogP contribution in [-0.4, -0.2) is 141 Å². The lowest BCUT2D eigenvalue weighted by molar-refractivity contribution is -0.172. The minimum atomic E-state index is -5.44. The third-order valence-electron chi connectivity index (χ3n) is 11.1. The summed E-state index contributed by atoms with van der Waals surface area (Å²) in [5, 5.41) is 29.4. The number of hydrogen-bond donors (Lipinski definition) is 11. The fourth-order valence-electron chi connectivity index (χ4n) is 7.65. The Balaban J connectivity index is 0.00000186. The van der Waals surface area contributed by atoms with E-state index in [-0.39, 0.29) is 29.9 Å². The Bertz CT molecular complexity index is 3820. The zero-order valence-corrected chi connectivity index (χ0v) is 50.4. The van der Waals surface area contributed by atoms with Crippen molar-refractivity contribution in [2.24, 2.45) is 5.11 Å². The Hall–Kier alpha value is -6.97. The van der Waals surface area contributed by atoms with E-state index in [4.69, 9.17) is 80.6 Å². The lowest BCUT2D eigenvalue weighted by atomic mass is 9.89. The van der Waals surface area contributed by atoms with Crippen LogP contribution >= 0.6 is 44.6 Å². The average Bonchev–Trinajstić information content (AvgIpc) is 0.907. The molecule has 2 aromatic carbocycles. The maximum absolute atomic E-state index is 12.9. The number of nitrogens with zero attached hydrogens (tertiary/aromatic N) is 5. The van der Waals surface area contributed by atoms with Crippen LogP contribution in [0.1, 0.15) is 53.4 Å². The summed E-state index contributed by atoms with van der Waals surface area (Å²) >= 11 is 0. The van der Waals surface area contributed by atoms with Gasteiger partial charge in [0, 0.05) is 83.0 Å². The first-order valence-corrected chi connectivity index (χ1v) is 33.8. The van der Waals surface area contributed by atoms with Crippen LogP contribution in [0.15, 0.2) is 81.7 Å². The van der Waals surface area contributed by atoms with Gasteiger partial charge in [0.15, 0.2) is 11.3 Å². The summed E-state index contributed by atoms with van der Waals surface area (Å²) in [5.41, 5.74) is 24.1. The van der Waals surface area contributed by atoms with Gasteiger partial charge in [-0.3, -0.25) is 23.6 Å². The standard InChI is InChI=1S/C45H54N11O17P3S2.2O3S/c1-27(28-7-10-32(43(57)58)35(18-28)41-33-11-8-30(46)19-36(33)71-37-20-31(47)9-12-34(37)41)50-15-17-77-78-25-68-16-4-2-3-13-51-44(59)52-14-5-6-29-22-56(45(60)54-42(29)48)40-21-38(69-24-53-55-49)39(72-40)23-70-76(66,67)73-75(64,65)26-74(61,62)63;2*1-4(2)3/h7-12,18-20,22,38-40,46,50H,1-4,13-17,21,23-26,47H2,(H,57,58)(H,64,65)(H,66,67)(H2,48,54,60)(H2,51,52,59)(H2,61,62,63);;/p+1/t38?,39-,40-;;/m1../s1. The van der Waals surface area contributed by atoms with Crippen molar-refractivity contribution in [3.63, 3.8) is 0 Å². The second-order valence-electron chi connectivity index (χ2n) is 17.3. The molecular formula is C45H55N11O23P3S4+. The van der Waals surface area contributed by atoms with Crippen LogP contribution in [-0.2, 0) is 58.0 Å². The number of phosphoric ester groups is 1. The van der Waals surface area contributed by atoms with Gasteiger partial charge >= 0.3 is 61.9 Å². The van der Waals surface area contributed by atoms with E-state index >= 15 is 0 Å². The number of phosphoric acid groups is 1. The summed E-state index contributed by atoms with van der Waals surface area (Å²) in [4.78, 5) is 81.6. The molecule has 2 aliphatic heterocycles. The highest BCUT2D eigenvalue weighted by atomic mass is 33.1. The number of anilines is 2. The molecule has 41 heteroatoms. The van der Waals surface area contributed by atoms with E-state index in [1.807, 2.05) is 12.1 Å². The molecule has 0 bridgehead atoms. The number of carboxylic acid groups (broad SMARTS) is 1. The number of nitrogens with one attached hydrogen (secondary N) is 3. The van der Waals surface area contributed by atoms with Crippen molar-refractivity contribution in [1.82, 2.24) is 25.5 Å².